The van der Waals surface area contributed by atoms with Crippen LogP contribution in [0.4, 0.5) is 5.95 Å². The zero-order valence-corrected chi connectivity index (χ0v) is 9.34. The number of terminal acetylenes is 1. The van der Waals surface area contributed by atoms with Crippen LogP contribution in [0.1, 0.15) is 6.42 Å². The van der Waals surface area contributed by atoms with Crippen molar-refractivity contribution in [3.63, 3.8) is 0 Å². The minimum absolute atomic E-state index is 0.454. The smallest absolute Gasteiger partial charge is 0.232 e. The molecule has 1 aromatic rings. The Hall–Kier alpha value is -1.28. The summed E-state index contributed by atoms with van der Waals surface area (Å²) in [7, 11) is 1.74. The van der Waals surface area contributed by atoms with Crippen LogP contribution in [0.3, 0.4) is 0 Å². The zero-order chi connectivity index (χ0) is 10.4. The molecule has 0 bridgehead atoms. The molecule has 0 saturated heterocycles. The average molecular weight is 256 g/mol. The largest absolute Gasteiger partial charge is 0.476 e. The molecule has 74 valence electrons. The van der Waals surface area contributed by atoms with Gasteiger partial charge in [0, 0.05) is 13.5 Å². The lowest BCUT2D eigenvalue weighted by molar-refractivity contribution is 0.312. The van der Waals surface area contributed by atoms with Gasteiger partial charge >= 0.3 is 0 Å². The molecular formula is C9H10BrN3O. The van der Waals surface area contributed by atoms with Crippen LogP contribution in [-0.2, 0) is 0 Å². The van der Waals surface area contributed by atoms with Crippen LogP contribution in [0.25, 0.3) is 0 Å². The van der Waals surface area contributed by atoms with Crippen LogP contribution < -0.4 is 10.1 Å². The predicted molar refractivity (Wildman–Crippen MR) is 58.2 cm³/mol. The Kier molecular flexibility index (Phi) is 4.20. The first-order valence-corrected chi connectivity index (χ1v) is 4.83. The first kappa shape index (κ1) is 10.8. The summed E-state index contributed by atoms with van der Waals surface area (Å²) >= 11 is 3.28. The maximum absolute atomic E-state index is 5.34. The lowest BCUT2D eigenvalue weighted by atomic mass is 10.5. The molecule has 0 unspecified atom stereocenters. The summed E-state index contributed by atoms with van der Waals surface area (Å²) in [4.78, 5) is 8.10. The van der Waals surface area contributed by atoms with Crippen molar-refractivity contribution in [2.24, 2.45) is 0 Å². The van der Waals surface area contributed by atoms with Crippen LogP contribution in [0, 0.1) is 12.3 Å². The van der Waals surface area contributed by atoms with Crippen molar-refractivity contribution in [3.8, 4) is 18.2 Å². The van der Waals surface area contributed by atoms with E-state index in [9.17, 15) is 0 Å². The molecule has 0 atom stereocenters. The van der Waals surface area contributed by atoms with Crippen molar-refractivity contribution in [3.05, 3.63) is 10.7 Å². The van der Waals surface area contributed by atoms with Gasteiger partial charge < -0.3 is 10.1 Å². The Morgan fingerprint density at radius 2 is 2.50 bits per heavy atom. The van der Waals surface area contributed by atoms with E-state index in [4.69, 9.17) is 11.2 Å². The molecule has 0 aliphatic carbocycles. The first-order valence-electron chi connectivity index (χ1n) is 4.04. The Bertz CT molecular complexity index is 348. The van der Waals surface area contributed by atoms with Gasteiger partial charge in [0.2, 0.25) is 11.8 Å². The fourth-order valence-electron chi connectivity index (χ4n) is 0.780. The van der Waals surface area contributed by atoms with E-state index in [1.807, 2.05) is 0 Å². The summed E-state index contributed by atoms with van der Waals surface area (Å²) in [6.45, 7) is 0.454. The molecule has 14 heavy (non-hydrogen) atoms. The van der Waals surface area contributed by atoms with E-state index in [1.54, 1.807) is 13.2 Å². The molecule has 0 aromatic carbocycles. The highest BCUT2D eigenvalue weighted by Gasteiger charge is 2.04. The van der Waals surface area contributed by atoms with Crippen LogP contribution in [-0.4, -0.2) is 23.6 Å². The minimum Gasteiger partial charge on any atom is -0.476 e. The molecule has 4 nitrogen and oxygen atoms in total. The van der Waals surface area contributed by atoms with Crippen LogP contribution in [0.2, 0.25) is 0 Å². The molecule has 0 aliphatic rings. The van der Waals surface area contributed by atoms with Crippen molar-refractivity contribution >= 4 is 21.9 Å². The fourth-order valence-corrected chi connectivity index (χ4v) is 1.09. The molecule has 1 rings (SSSR count). The second kappa shape index (κ2) is 5.45. The van der Waals surface area contributed by atoms with Gasteiger partial charge in [-0.05, 0) is 15.9 Å². The van der Waals surface area contributed by atoms with Crippen LogP contribution >= 0.6 is 15.9 Å². The molecule has 1 aromatic heterocycles. The van der Waals surface area contributed by atoms with Gasteiger partial charge in [0.1, 0.15) is 6.61 Å². The zero-order valence-electron chi connectivity index (χ0n) is 7.75. The average Bonchev–Trinajstić information content (AvgIpc) is 2.21. The number of anilines is 1. The second-order valence-corrected chi connectivity index (χ2v) is 3.25. The Morgan fingerprint density at radius 1 is 1.71 bits per heavy atom. The molecule has 0 fully saturated rings. The van der Waals surface area contributed by atoms with E-state index in [2.05, 4.69) is 37.1 Å². The normalized spacial score (nSPS) is 9.21. The van der Waals surface area contributed by atoms with Crippen molar-refractivity contribution < 1.29 is 4.74 Å². The van der Waals surface area contributed by atoms with Crippen LogP contribution in [0.5, 0.6) is 5.88 Å². The third-order valence-electron chi connectivity index (χ3n) is 1.42. The third kappa shape index (κ3) is 2.89. The van der Waals surface area contributed by atoms with Gasteiger partial charge in [-0.15, -0.1) is 12.3 Å². The lowest BCUT2D eigenvalue weighted by Gasteiger charge is -2.06. The molecule has 0 spiro atoms. The van der Waals surface area contributed by atoms with Gasteiger partial charge in [0.25, 0.3) is 0 Å². The summed E-state index contributed by atoms with van der Waals surface area (Å²) in [5.41, 5.74) is 0. The number of nitrogens with zero attached hydrogens (tertiary/aromatic N) is 2. The molecule has 0 saturated carbocycles. The maximum Gasteiger partial charge on any atom is 0.232 e. The molecule has 0 aliphatic heterocycles. The summed E-state index contributed by atoms with van der Waals surface area (Å²) < 4.78 is 6.06. The number of rotatable bonds is 4. The highest BCUT2D eigenvalue weighted by atomic mass is 79.9. The van der Waals surface area contributed by atoms with Crippen molar-refractivity contribution in [1.82, 2.24) is 9.97 Å². The van der Waals surface area contributed by atoms with Gasteiger partial charge in [-0.2, -0.15) is 4.98 Å². The molecular weight excluding hydrogens is 246 g/mol. The van der Waals surface area contributed by atoms with E-state index in [1.165, 1.54) is 0 Å². The number of aromatic nitrogens is 2. The molecule has 1 heterocycles. The standard InChI is InChI=1S/C9H10BrN3O/c1-3-4-5-14-8-7(10)6-12-9(11-2)13-8/h1,6H,4-5H2,2H3,(H,11,12,13). The summed E-state index contributed by atoms with van der Waals surface area (Å²) in [5, 5.41) is 2.82. The topological polar surface area (TPSA) is 47.0 Å². The van der Waals surface area contributed by atoms with E-state index in [0.29, 0.717) is 29.3 Å². The Labute approximate surface area is 91.2 Å². The Balaban J connectivity index is 2.69. The van der Waals surface area contributed by atoms with Crippen LogP contribution in [0.15, 0.2) is 10.7 Å². The van der Waals surface area contributed by atoms with E-state index in [0.717, 1.165) is 0 Å². The maximum atomic E-state index is 5.34. The molecule has 0 radical (unpaired) electrons. The summed E-state index contributed by atoms with van der Waals surface area (Å²) in [5.74, 6) is 3.50. The highest BCUT2D eigenvalue weighted by Crippen LogP contribution is 2.22. The second-order valence-electron chi connectivity index (χ2n) is 2.40. The third-order valence-corrected chi connectivity index (χ3v) is 1.96. The number of hydrogen-bond acceptors (Lipinski definition) is 4. The van der Waals surface area contributed by atoms with Gasteiger partial charge in [0.05, 0.1) is 10.7 Å². The highest BCUT2D eigenvalue weighted by molar-refractivity contribution is 9.10. The van der Waals surface area contributed by atoms with Gasteiger partial charge in [-0.25, -0.2) is 4.98 Å². The molecule has 5 heteroatoms. The van der Waals surface area contributed by atoms with Crippen molar-refractivity contribution in [1.29, 1.82) is 0 Å². The molecule has 1 N–H and O–H groups in total. The van der Waals surface area contributed by atoms with Gasteiger partial charge in [0.15, 0.2) is 0 Å². The van der Waals surface area contributed by atoms with Gasteiger partial charge in [-0.3, -0.25) is 0 Å². The van der Waals surface area contributed by atoms with Crippen molar-refractivity contribution in [2.45, 2.75) is 6.42 Å². The molecule has 0 amide bonds. The predicted octanol–water partition coefficient (Wildman–Crippen LogP) is 1.68. The van der Waals surface area contributed by atoms with Gasteiger partial charge in [-0.1, -0.05) is 0 Å². The Morgan fingerprint density at radius 3 is 3.14 bits per heavy atom. The summed E-state index contributed by atoms with van der Waals surface area (Å²) in [6.07, 6.45) is 7.29. The number of hydrogen-bond donors (Lipinski definition) is 1. The lowest BCUT2D eigenvalue weighted by Crippen LogP contribution is -2.02. The van der Waals surface area contributed by atoms with E-state index in [-0.39, 0.29) is 0 Å². The summed E-state index contributed by atoms with van der Waals surface area (Å²) in [6, 6.07) is 0. The minimum atomic E-state index is 0.454. The van der Waals surface area contributed by atoms with Crippen molar-refractivity contribution in [2.75, 3.05) is 19.0 Å². The first-order chi connectivity index (χ1) is 6.77. The number of ether oxygens (including phenoxy) is 1. The SMILES string of the molecule is C#CCCOc1nc(NC)ncc1Br. The number of nitrogens with one attached hydrogen (secondary N) is 1. The number of halogens is 1. The fraction of sp³-hybridized carbons (Fsp3) is 0.333. The monoisotopic (exact) mass is 255 g/mol. The van der Waals surface area contributed by atoms with E-state index >= 15 is 0 Å². The van der Waals surface area contributed by atoms with E-state index < -0.39 is 0 Å². The quantitative estimate of drug-likeness (QED) is 0.657.